The quantitative estimate of drug-likeness (QED) is 0.124. The Morgan fingerprint density at radius 2 is 1.62 bits per heavy atom. The highest BCUT2D eigenvalue weighted by Crippen LogP contribution is 2.29. The third-order valence-corrected chi connectivity index (χ3v) is 9.46. The van der Waals surface area contributed by atoms with Crippen molar-refractivity contribution in [3.63, 3.8) is 0 Å². The van der Waals surface area contributed by atoms with Gasteiger partial charge in [0.25, 0.3) is 17.7 Å². The molecule has 3 aromatic carbocycles. The number of para-hydroxylation sites is 1. The Balaban J connectivity index is 1.32. The third kappa shape index (κ3) is 8.64. The molecule has 0 unspecified atom stereocenters. The Kier molecular flexibility index (Phi) is 12.0. The minimum Gasteiger partial charge on any atom is -0.439 e. The summed E-state index contributed by atoms with van der Waals surface area (Å²) in [5.74, 6) is 0.0796. The summed E-state index contributed by atoms with van der Waals surface area (Å²) in [6.45, 7) is 7.44. The fourth-order valence-electron chi connectivity index (χ4n) is 6.50. The van der Waals surface area contributed by atoms with E-state index in [2.05, 4.69) is 24.1 Å². The first-order valence-electron chi connectivity index (χ1n) is 18.3. The lowest BCUT2D eigenvalue weighted by atomic mass is 9.93. The van der Waals surface area contributed by atoms with Crippen LogP contribution >= 0.6 is 0 Å². The van der Waals surface area contributed by atoms with E-state index in [0.717, 1.165) is 36.8 Å². The molecule has 3 amide bonds. The van der Waals surface area contributed by atoms with Gasteiger partial charge >= 0.3 is 0 Å². The SMILES string of the molecule is CCCCN(CCCC)C(=O)c1cc(C)n(-c2ccc(NC(=O)c3ccc(Oc4ccccc4)nc3)cc2C(=O)N2Cc3ccccc3C[C@H]2CO)n1. The molecule has 0 bridgehead atoms. The summed E-state index contributed by atoms with van der Waals surface area (Å²) >= 11 is 0. The van der Waals surface area contributed by atoms with Gasteiger partial charge < -0.3 is 25.0 Å². The molecule has 3 heterocycles. The van der Waals surface area contributed by atoms with Gasteiger partial charge in [0.1, 0.15) is 5.75 Å². The summed E-state index contributed by atoms with van der Waals surface area (Å²) < 4.78 is 7.38. The minimum absolute atomic E-state index is 0.146. The van der Waals surface area contributed by atoms with Crippen LogP contribution in [0.5, 0.6) is 11.6 Å². The van der Waals surface area contributed by atoms with Crippen molar-refractivity contribution in [2.45, 2.75) is 65.5 Å². The van der Waals surface area contributed by atoms with Crippen LogP contribution in [0.25, 0.3) is 5.69 Å². The van der Waals surface area contributed by atoms with E-state index >= 15 is 0 Å². The molecular weight excluding hydrogens is 668 g/mol. The third-order valence-electron chi connectivity index (χ3n) is 9.46. The fraction of sp³-hybridized carbons (Fsp3) is 0.310. The number of fused-ring (bicyclic) bond motifs is 1. The second-order valence-electron chi connectivity index (χ2n) is 13.3. The Labute approximate surface area is 310 Å². The predicted octanol–water partition coefficient (Wildman–Crippen LogP) is 7.22. The number of amides is 3. The smallest absolute Gasteiger partial charge is 0.274 e. The number of hydrogen-bond acceptors (Lipinski definition) is 7. The summed E-state index contributed by atoms with van der Waals surface area (Å²) in [4.78, 5) is 49.6. The molecule has 1 aliphatic rings. The Hall–Kier alpha value is -5.81. The van der Waals surface area contributed by atoms with E-state index in [1.807, 2.05) is 66.4 Å². The lowest BCUT2D eigenvalue weighted by molar-refractivity contribution is 0.0544. The van der Waals surface area contributed by atoms with Gasteiger partial charge in [-0.3, -0.25) is 14.4 Å². The molecule has 1 aliphatic heterocycles. The van der Waals surface area contributed by atoms with Gasteiger partial charge in [0, 0.05) is 43.3 Å². The normalized spacial score (nSPS) is 13.7. The maximum atomic E-state index is 14.6. The molecule has 0 fully saturated rings. The second kappa shape index (κ2) is 17.1. The fourth-order valence-corrected chi connectivity index (χ4v) is 6.50. The standard InChI is InChI=1S/C42H46N6O5/c1-4-6-21-46(22-7-5-2)42(52)37-23-29(3)48(45-37)38-19-18-33(44-40(50)31-17-20-39(43-26-31)53-35-15-9-8-10-16-35)25-36(38)41(51)47-27-32-14-12-11-13-30(32)24-34(47)28-49/h8-20,23,25-26,34,49H,4-7,21-22,24,27-28H2,1-3H3,(H,44,50)/t34-/m0/s1. The predicted molar refractivity (Wildman–Crippen MR) is 204 cm³/mol. The van der Waals surface area contributed by atoms with E-state index in [4.69, 9.17) is 9.84 Å². The first-order chi connectivity index (χ1) is 25.8. The summed E-state index contributed by atoms with van der Waals surface area (Å²) in [6.07, 6.45) is 5.67. The number of benzene rings is 3. The highest BCUT2D eigenvalue weighted by atomic mass is 16.5. The van der Waals surface area contributed by atoms with Gasteiger partial charge in [-0.05, 0) is 79.8 Å². The van der Waals surface area contributed by atoms with Gasteiger partial charge in [0.15, 0.2) is 5.69 Å². The lowest BCUT2D eigenvalue weighted by Gasteiger charge is -2.36. The molecule has 0 spiro atoms. The van der Waals surface area contributed by atoms with Gasteiger partial charge in [-0.1, -0.05) is 69.2 Å². The minimum atomic E-state index is -0.451. The number of nitrogens with zero attached hydrogens (tertiary/aromatic N) is 5. The number of aromatic nitrogens is 3. The molecule has 1 atom stereocenters. The van der Waals surface area contributed by atoms with Crippen LogP contribution in [0.1, 0.15) is 87.6 Å². The Bertz CT molecular complexity index is 2040. The maximum Gasteiger partial charge on any atom is 0.274 e. The maximum absolute atomic E-state index is 14.6. The van der Waals surface area contributed by atoms with Crippen LogP contribution in [0.4, 0.5) is 5.69 Å². The molecule has 2 N–H and O–H groups in total. The van der Waals surface area contributed by atoms with E-state index in [9.17, 15) is 19.5 Å². The molecule has 6 rings (SSSR count). The molecule has 5 aromatic rings. The number of carbonyl (C=O) groups excluding carboxylic acids is 3. The topological polar surface area (TPSA) is 130 Å². The number of nitrogens with one attached hydrogen (secondary N) is 1. The highest BCUT2D eigenvalue weighted by molar-refractivity contribution is 6.06. The van der Waals surface area contributed by atoms with Crippen molar-refractivity contribution < 1.29 is 24.2 Å². The summed E-state index contributed by atoms with van der Waals surface area (Å²) in [7, 11) is 0. The van der Waals surface area contributed by atoms with Crippen molar-refractivity contribution in [1.82, 2.24) is 24.6 Å². The van der Waals surface area contributed by atoms with Gasteiger partial charge in [-0.2, -0.15) is 5.10 Å². The number of carbonyl (C=O) groups is 3. The Morgan fingerprint density at radius 1 is 0.906 bits per heavy atom. The molecule has 274 valence electrons. The number of unbranched alkanes of at least 4 members (excludes halogenated alkanes) is 2. The number of hydrogen-bond donors (Lipinski definition) is 2. The van der Waals surface area contributed by atoms with Crippen LogP contribution in [0.2, 0.25) is 0 Å². The molecule has 0 saturated carbocycles. The van der Waals surface area contributed by atoms with Crippen molar-refractivity contribution in [1.29, 1.82) is 0 Å². The summed E-state index contributed by atoms with van der Waals surface area (Å²) in [5, 5.41) is 18.1. The zero-order chi connectivity index (χ0) is 37.3. The molecule has 0 aliphatic carbocycles. The number of anilines is 1. The summed E-state index contributed by atoms with van der Waals surface area (Å²) in [6, 6.07) is 26.7. The van der Waals surface area contributed by atoms with Crippen LogP contribution in [-0.2, 0) is 13.0 Å². The van der Waals surface area contributed by atoms with Crippen molar-refractivity contribution in [3.05, 3.63) is 131 Å². The van der Waals surface area contributed by atoms with E-state index in [1.165, 1.54) is 6.20 Å². The average molecular weight is 715 g/mol. The van der Waals surface area contributed by atoms with Gasteiger partial charge in [0.05, 0.1) is 29.5 Å². The molecule has 53 heavy (non-hydrogen) atoms. The number of aryl methyl sites for hydroxylation is 1. The van der Waals surface area contributed by atoms with Crippen molar-refractivity contribution in [2.75, 3.05) is 25.0 Å². The lowest BCUT2D eigenvalue weighted by Crippen LogP contribution is -2.46. The van der Waals surface area contributed by atoms with Crippen LogP contribution in [0, 0.1) is 6.92 Å². The van der Waals surface area contributed by atoms with Gasteiger partial charge in [-0.15, -0.1) is 0 Å². The van der Waals surface area contributed by atoms with E-state index in [-0.39, 0.29) is 24.0 Å². The molecular formula is C42H46N6O5. The number of aliphatic hydroxyl groups is 1. The van der Waals surface area contributed by atoms with Gasteiger partial charge in [0.2, 0.25) is 5.88 Å². The van der Waals surface area contributed by atoms with Crippen LogP contribution in [-0.4, -0.2) is 73.1 Å². The highest BCUT2D eigenvalue weighted by Gasteiger charge is 2.32. The van der Waals surface area contributed by atoms with Crippen molar-refractivity contribution in [2.24, 2.45) is 0 Å². The number of pyridine rings is 1. The monoisotopic (exact) mass is 714 g/mol. The Morgan fingerprint density at radius 3 is 2.30 bits per heavy atom. The van der Waals surface area contributed by atoms with Gasteiger partial charge in [-0.25, -0.2) is 9.67 Å². The number of rotatable bonds is 14. The van der Waals surface area contributed by atoms with Crippen molar-refractivity contribution >= 4 is 23.4 Å². The van der Waals surface area contributed by atoms with E-state index in [1.54, 1.807) is 46.0 Å². The second-order valence-corrected chi connectivity index (χ2v) is 13.3. The number of ether oxygens (including phenoxy) is 1. The van der Waals surface area contributed by atoms with E-state index < -0.39 is 11.9 Å². The largest absolute Gasteiger partial charge is 0.439 e. The summed E-state index contributed by atoms with van der Waals surface area (Å²) in [5.41, 5.74) is 4.49. The number of aliphatic hydroxyl groups excluding tert-OH is 1. The molecule has 11 nitrogen and oxygen atoms in total. The molecule has 2 aromatic heterocycles. The zero-order valence-corrected chi connectivity index (χ0v) is 30.5. The zero-order valence-electron chi connectivity index (χ0n) is 30.5. The molecule has 0 radical (unpaired) electrons. The first-order valence-corrected chi connectivity index (χ1v) is 18.3. The van der Waals surface area contributed by atoms with Crippen molar-refractivity contribution in [3.8, 4) is 17.3 Å². The molecule has 0 saturated heterocycles. The van der Waals surface area contributed by atoms with Crippen LogP contribution < -0.4 is 10.1 Å². The molecule has 11 heteroatoms. The van der Waals surface area contributed by atoms with Crippen LogP contribution in [0.3, 0.4) is 0 Å². The van der Waals surface area contributed by atoms with E-state index in [0.29, 0.717) is 66.0 Å². The first kappa shape index (κ1) is 37.0. The average Bonchev–Trinajstić information content (AvgIpc) is 3.58. The van der Waals surface area contributed by atoms with Crippen LogP contribution in [0.15, 0.2) is 97.2 Å².